The molecule has 0 heterocycles. The molecule has 1 atom stereocenters. The minimum atomic E-state index is -2.96. The summed E-state index contributed by atoms with van der Waals surface area (Å²) in [5, 5.41) is 0. The van der Waals surface area contributed by atoms with Gasteiger partial charge >= 0.3 is 0 Å². The monoisotopic (exact) mass is 756 g/mol. The highest BCUT2D eigenvalue weighted by Crippen LogP contribution is 2.58. The first-order chi connectivity index (χ1) is 35.7. The van der Waals surface area contributed by atoms with Crippen LogP contribution in [0.25, 0.3) is 33.4 Å². The zero-order chi connectivity index (χ0) is 53.5. The van der Waals surface area contributed by atoms with E-state index in [-0.39, 0.29) is 5.69 Å². The third kappa shape index (κ3) is 4.96. The molecule has 2 aliphatic carbocycles. The highest BCUT2D eigenvalue weighted by molar-refractivity contribution is 5.94. The summed E-state index contributed by atoms with van der Waals surface area (Å²) in [5.74, 6) is 0. The zero-order valence-electron chi connectivity index (χ0n) is 48.1. The van der Waals surface area contributed by atoms with E-state index in [0.29, 0.717) is 16.9 Å². The van der Waals surface area contributed by atoms with Crippen LogP contribution in [0.4, 0.5) is 17.1 Å². The number of anilines is 3. The maximum atomic E-state index is 10.8. The fourth-order valence-corrected chi connectivity index (χ4v) is 9.00. The molecule has 2 aliphatic rings. The Bertz CT molecular complexity index is 3830. The van der Waals surface area contributed by atoms with Gasteiger partial charge in [0.1, 0.15) is 0 Å². The summed E-state index contributed by atoms with van der Waals surface area (Å²) in [7, 11) is 0. The van der Waals surface area contributed by atoms with E-state index in [0.717, 1.165) is 33.4 Å². The Kier molecular flexibility index (Phi) is 4.83. The van der Waals surface area contributed by atoms with Crippen LogP contribution in [-0.4, -0.2) is 0 Å². The van der Waals surface area contributed by atoms with Gasteiger partial charge in [0.25, 0.3) is 0 Å². The van der Waals surface area contributed by atoms with Crippen molar-refractivity contribution < 1.29 is 23.3 Å². The van der Waals surface area contributed by atoms with Crippen molar-refractivity contribution in [3.8, 4) is 33.4 Å². The first-order valence-electron chi connectivity index (χ1n) is 27.4. The molecule has 0 saturated carbocycles. The first kappa shape index (κ1) is 20.8. The third-order valence-electron chi connectivity index (χ3n) is 11.6. The van der Waals surface area contributed by atoms with Crippen molar-refractivity contribution in [3.63, 3.8) is 0 Å². The molecule has 9 aromatic rings. The Morgan fingerprint density at radius 1 is 0.397 bits per heavy atom. The SMILES string of the molecule is [2H]c1c([2H])c([2H])c(C2(c3c([2H])c([2H])c([2H])c([2H])c3[2H])c3c([2H])c([2H])c([2H])c([2H])c3-c3c([2H])c([2H])c(N(c4ccc5c(c4)C(C)(c4ccccc4)c4ccccc4-5)c4ccccc4-c4ccccc4)c([2H])c32)c([2H])c1[2H]. The molecule has 1 unspecified atom stereocenters. The lowest BCUT2D eigenvalue weighted by molar-refractivity contribution is 0.714. The summed E-state index contributed by atoms with van der Waals surface area (Å²) < 4.78 is 160. The van der Waals surface area contributed by atoms with Gasteiger partial charge < -0.3 is 4.90 Å². The molecule has 11 rings (SSSR count). The summed E-state index contributed by atoms with van der Waals surface area (Å²) in [4.78, 5) is 1.62. The van der Waals surface area contributed by atoms with E-state index in [1.165, 1.54) is 0 Å². The fraction of sp³-hybridized carbons (Fsp3) is 0.0526. The largest absolute Gasteiger partial charge is 0.310 e. The molecule has 0 saturated heterocycles. The van der Waals surface area contributed by atoms with Crippen molar-refractivity contribution in [2.45, 2.75) is 17.8 Å². The topological polar surface area (TPSA) is 3.24 Å². The van der Waals surface area contributed by atoms with E-state index in [9.17, 15) is 12.3 Å². The molecule has 1 heteroatoms. The molecule has 0 fully saturated rings. The second-order valence-electron chi connectivity index (χ2n) is 14.5. The number of hydrogen-bond donors (Lipinski definition) is 0. The van der Waals surface area contributed by atoms with Gasteiger partial charge in [-0.3, -0.25) is 0 Å². The zero-order valence-corrected chi connectivity index (χ0v) is 31.1. The second kappa shape index (κ2) is 13.5. The van der Waals surface area contributed by atoms with Crippen LogP contribution in [0.1, 0.15) is 69.2 Å². The smallest absolute Gasteiger partial charge is 0.0714 e. The molecular formula is C57H41N. The number of rotatable bonds is 7. The minimum absolute atomic E-state index is 0.328. The van der Waals surface area contributed by atoms with Gasteiger partial charge in [0, 0.05) is 22.4 Å². The maximum absolute atomic E-state index is 10.8. The third-order valence-corrected chi connectivity index (χ3v) is 11.6. The van der Waals surface area contributed by atoms with Gasteiger partial charge in [0.15, 0.2) is 0 Å². The van der Waals surface area contributed by atoms with Crippen LogP contribution in [0, 0.1) is 0 Å². The molecule has 0 aliphatic heterocycles. The average molecular weight is 757 g/mol. The lowest BCUT2D eigenvalue weighted by Gasteiger charge is -2.35. The lowest BCUT2D eigenvalue weighted by atomic mass is 9.67. The van der Waals surface area contributed by atoms with Crippen molar-refractivity contribution in [2.75, 3.05) is 4.90 Å². The summed E-state index contributed by atoms with van der Waals surface area (Å²) in [5.41, 5.74) is -0.988. The van der Waals surface area contributed by atoms with E-state index in [4.69, 9.17) is 11.0 Å². The Morgan fingerprint density at radius 3 is 1.72 bits per heavy atom. The van der Waals surface area contributed by atoms with Gasteiger partial charge in [-0.2, -0.15) is 0 Å². The van der Waals surface area contributed by atoms with Crippen LogP contribution in [0.5, 0.6) is 0 Å². The molecule has 58 heavy (non-hydrogen) atoms. The Morgan fingerprint density at radius 2 is 0.983 bits per heavy atom. The van der Waals surface area contributed by atoms with Crippen molar-refractivity contribution >= 4 is 17.1 Å². The van der Waals surface area contributed by atoms with Crippen molar-refractivity contribution in [1.29, 1.82) is 0 Å². The predicted molar refractivity (Wildman–Crippen MR) is 241 cm³/mol. The van der Waals surface area contributed by atoms with Crippen molar-refractivity contribution in [2.24, 2.45) is 0 Å². The quantitative estimate of drug-likeness (QED) is 0.157. The fourth-order valence-electron chi connectivity index (χ4n) is 9.00. The molecule has 9 aromatic carbocycles. The van der Waals surface area contributed by atoms with Gasteiger partial charge in [-0.1, -0.05) is 200 Å². The van der Waals surface area contributed by atoms with Crippen molar-refractivity contribution in [3.05, 3.63) is 269 Å². The molecule has 274 valence electrons. The highest BCUT2D eigenvalue weighted by Gasteiger charge is 2.46. The maximum Gasteiger partial charge on any atom is 0.0714 e. The van der Waals surface area contributed by atoms with Gasteiger partial charge in [0.2, 0.25) is 0 Å². The van der Waals surface area contributed by atoms with Gasteiger partial charge in [-0.15, -0.1) is 0 Å². The van der Waals surface area contributed by atoms with Crippen LogP contribution < -0.4 is 4.90 Å². The molecular weight excluding hydrogens is 699 g/mol. The van der Waals surface area contributed by atoms with Crippen LogP contribution >= 0.6 is 0 Å². The molecule has 0 N–H and O–H groups in total. The van der Waals surface area contributed by atoms with Crippen LogP contribution in [0.15, 0.2) is 230 Å². The average Bonchev–Trinajstić information content (AvgIpc) is 3.88. The molecule has 1 nitrogen and oxygen atoms in total. The van der Waals surface area contributed by atoms with Gasteiger partial charge in [0.05, 0.1) is 34.4 Å². The summed E-state index contributed by atoms with van der Waals surface area (Å²) >= 11 is 0. The van der Waals surface area contributed by atoms with E-state index in [1.54, 1.807) is 17.0 Å². The van der Waals surface area contributed by atoms with Crippen LogP contribution in [0.3, 0.4) is 0 Å². The number of fused-ring (bicyclic) bond motifs is 6. The molecule has 0 amide bonds. The predicted octanol–water partition coefficient (Wildman–Crippen LogP) is 14.5. The van der Waals surface area contributed by atoms with Crippen LogP contribution in [-0.2, 0) is 10.8 Å². The number of nitrogens with zero attached hydrogens (tertiary/aromatic N) is 1. The standard InChI is InChI=1S/C57H41N/c1-56(41-22-8-3-9-23-41)51-31-17-14-29-47(51)49-36-34-44(38-53(49)56)58(55-33-19-16-28-46(55)40-20-6-2-7-21-40)45-35-37-50-48-30-15-18-32-52(48)57(54(50)39-45,42-24-10-4-11-25-42)43-26-12-5-13-27-43/h2-39H,1H3/i4D,5D,10D,11D,12D,13D,15D,18D,24D,25D,26D,27D,30D,32D,35D,37D,39D. The molecule has 0 spiro atoms. The molecule has 0 radical (unpaired) electrons. The first-order valence-corrected chi connectivity index (χ1v) is 18.9. The van der Waals surface area contributed by atoms with E-state index in [1.807, 2.05) is 109 Å². The molecule has 0 aromatic heterocycles. The van der Waals surface area contributed by atoms with E-state index in [2.05, 4.69) is 13.0 Å². The van der Waals surface area contributed by atoms with Gasteiger partial charge in [-0.25, -0.2) is 0 Å². The Balaban J connectivity index is 1.37. The normalized spacial score (nSPS) is 19.6. The number of hydrogen-bond acceptors (Lipinski definition) is 1. The van der Waals surface area contributed by atoms with Gasteiger partial charge in [-0.05, 0) is 104 Å². The summed E-state index contributed by atoms with van der Waals surface area (Å²) in [6.07, 6.45) is 0. The summed E-state index contributed by atoms with van der Waals surface area (Å²) in [6.45, 7) is 2.12. The number of benzene rings is 9. The highest BCUT2D eigenvalue weighted by atomic mass is 15.1. The van der Waals surface area contributed by atoms with E-state index >= 15 is 0 Å². The minimum Gasteiger partial charge on any atom is -0.310 e. The number of para-hydroxylation sites is 1. The van der Waals surface area contributed by atoms with Crippen molar-refractivity contribution in [1.82, 2.24) is 0 Å². The van der Waals surface area contributed by atoms with Crippen LogP contribution in [0.2, 0.25) is 0 Å². The molecule has 0 bridgehead atoms. The second-order valence-corrected chi connectivity index (χ2v) is 14.5. The summed E-state index contributed by atoms with van der Waals surface area (Å²) in [6, 6.07) is 25.5. The Labute approximate surface area is 365 Å². The van der Waals surface area contributed by atoms with E-state index < -0.39 is 147 Å². The Hall–Kier alpha value is -7.22. The lowest BCUT2D eigenvalue weighted by Crippen LogP contribution is -2.28.